The summed E-state index contributed by atoms with van der Waals surface area (Å²) >= 11 is 8.44. The molecule has 0 aromatic heterocycles. The first-order valence-corrected chi connectivity index (χ1v) is 7.79. The Balaban J connectivity index is 1.79. The molecule has 4 nitrogen and oxygen atoms in total. The number of rotatable bonds is 4. The van der Waals surface area contributed by atoms with E-state index < -0.39 is 0 Å². The lowest BCUT2D eigenvalue weighted by atomic mass is 10.2. The number of amides is 1. The first kappa shape index (κ1) is 16.5. The fourth-order valence-corrected chi connectivity index (χ4v) is 2.21. The van der Waals surface area contributed by atoms with Crippen LogP contribution < -0.4 is 15.4 Å². The summed E-state index contributed by atoms with van der Waals surface area (Å²) in [5.41, 5.74) is 1.87. The van der Waals surface area contributed by atoms with Crippen LogP contribution in [0.2, 0.25) is 0 Å². The van der Waals surface area contributed by atoms with Crippen LogP contribution in [0.4, 0.5) is 5.69 Å². The zero-order valence-electron chi connectivity index (χ0n) is 11.9. The first-order chi connectivity index (χ1) is 10.5. The van der Waals surface area contributed by atoms with Crippen LogP contribution in [-0.4, -0.2) is 17.6 Å². The highest BCUT2D eigenvalue weighted by molar-refractivity contribution is 9.10. The van der Waals surface area contributed by atoms with Crippen molar-refractivity contribution in [3.05, 3.63) is 58.6 Å². The quantitative estimate of drug-likeness (QED) is 0.797. The van der Waals surface area contributed by atoms with Crippen molar-refractivity contribution in [1.29, 1.82) is 0 Å². The van der Waals surface area contributed by atoms with Crippen LogP contribution in [0, 0.1) is 6.92 Å². The van der Waals surface area contributed by atoms with Crippen LogP contribution in [0.15, 0.2) is 53.0 Å². The standard InChI is InChI=1S/C16H15BrN2O2S/c1-11-3-2-4-14(9-11)21-10-15(20)19-16(22)18-13-7-5-12(17)6-8-13/h2-9H,10H2,1H3,(H2,18,19,20,22). The Kier molecular flexibility index (Phi) is 5.91. The molecular formula is C16H15BrN2O2S. The molecule has 0 unspecified atom stereocenters. The number of carbonyl (C=O) groups excluding carboxylic acids is 1. The summed E-state index contributed by atoms with van der Waals surface area (Å²) in [7, 11) is 0. The highest BCUT2D eigenvalue weighted by atomic mass is 79.9. The van der Waals surface area contributed by atoms with Gasteiger partial charge in [0.15, 0.2) is 11.7 Å². The number of hydrogen-bond acceptors (Lipinski definition) is 3. The third-order valence-electron chi connectivity index (χ3n) is 2.71. The Bertz CT molecular complexity index is 674. The molecule has 2 aromatic carbocycles. The molecule has 0 radical (unpaired) electrons. The average Bonchev–Trinajstić information content (AvgIpc) is 2.47. The number of anilines is 1. The minimum atomic E-state index is -0.309. The maximum atomic E-state index is 11.8. The highest BCUT2D eigenvalue weighted by Crippen LogP contribution is 2.14. The maximum Gasteiger partial charge on any atom is 0.264 e. The van der Waals surface area contributed by atoms with Crippen molar-refractivity contribution in [3.8, 4) is 5.75 Å². The van der Waals surface area contributed by atoms with Gasteiger partial charge in [0.25, 0.3) is 5.91 Å². The molecule has 1 amide bonds. The summed E-state index contributed by atoms with van der Waals surface area (Å²) < 4.78 is 6.38. The van der Waals surface area contributed by atoms with Gasteiger partial charge in [0, 0.05) is 10.2 Å². The van der Waals surface area contributed by atoms with Gasteiger partial charge in [-0.15, -0.1) is 0 Å². The largest absolute Gasteiger partial charge is 0.484 e. The number of hydrogen-bond donors (Lipinski definition) is 2. The lowest BCUT2D eigenvalue weighted by molar-refractivity contribution is -0.121. The summed E-state index contributed by atoms with van der Waals surface area (Å²) in [4.78, 5) is 11.8. The Morgan fingerprint density at radius 2 is 1.95 bits per heavy atom. The van der Waals surface area contributed by atoms with Gasteiger partial charge in [-0.25, -0.2) is 0 Å². The van der Waals surface area contributed by atoms with Crippen LogP contribution in [0.3, 0.4) is 0 Å². The summed E-state index contributed by atoms with van der Waals surface area (Å²) in [6.45, 7) is 1.87. The number of carbonyl (C=O) groups is 1. The lowest BCUT2D eigenvalue weighted by Crippen LogP contribution is -2.37. The van der Waals surface area contributed by atoms with Gasteiger partial charge in [-0.2, -0.15) is 0 Å². The second-order valence-corrected chi connectivity index (χ2v) is 5.94. The van der Waals surface area contributed by atoms with E-state index in [0.717, 1.165) is 15.7 Å². The molecule has 114 valence electrons. The smallest absolute Gasteiger partial charge is 0.264 e. The Morgan fingerprint density at radius 1 is 1.23 bits per heavy atom. The zero-order chi connectivity index (χ0) is 15.9. The molecule has 0 spiro atoms. The highest BCUT2D eigenvalue weighted by Gasteiger charge is 2.06. The molecule has 22 heavy (non-hydrogen) atoms. The molecule has 0 aliphatic carbocycles. The molecule has 0 saturated heterocycles. The zero-order valence-corrected chi connectivity index (χ0v) is 14.3. The van der Waals surface area contributed by atoms with Crippen LogP contribution in [0.5, 0.6) is 5.75 Å². The van der Waals surface area contributed by atoms with E-state index in [2.05, 4.69) is 26.6 Å². The van der Waals surface area contributed by atoms with Crippen LogP contribution >= 0.6 is 28.1 Å². The molecular weight excluding hydrogens is 364 g/mol. The number of aryl methyl sites for hydroxylation is 1. The molecule has 0 heterocycles. The van der Waals surface area contributed by atoms with Crippen molar-refractivity contribution in [2.45, 2.75) is 6.92 Å². The molecule has 0 aliphatic rings. The first-order valence-electron chi connectivity index (χ1n) is 6.59. The van der Waals surface area contributed by atoms with Crippen molar-refractivity contribution in [2.24, 2.45) is 0 Å². The van der Waals surface area contributed by atoms with Crippen molar-refractivity contribution < 1.29 is 9.53 Å². The molecule has 2 N–H and O–H groups in total. The Labute approximate surface area is 143 Å². The normalized spacial score (nSPS) is 9.91. The van der Waals surface area contributed by atoms with Gasteiger partial charge in [-0.3, -0.25) is 10.1 Å². The molecule has 6 heteroatoms. The minimum absolute atomic E-state index is 0.0917. The van der Waals surface area contributed by atoms with Crippen molar-refractivity contribution in [3.63, 3.8) is 0 Å². The minimum Gasteiger partial charge on any atom is -0.484 e. The predicted octanol–water partition coefficient (Wildman–Crippen LogP) is 3.65. The van der Waals surface area contributed by atoms with Crippen LogP contribution in [-0.2, 0) is 4.79 Å². The molecule has 2 rings (SSSR count). The summed E-state index contributed by atoms with van der Waals surface area (Å²) in [6.07, 6.45) is 0. The summed E-state index contributed by atoms with van der Waals surface area (Å²) in [5, 5.41) is 5.74. The predicted molar refractivity (Wildman–Crippen MR) is 95.2 cm³/mol. The number of nitrogens with one attached hydrogen (secondary N) is 2. The third-order valence-corrected chi connectivity index (χ3v) is 3.45. The second-order valence-electron chi connectivity index (χ2n) is 4.61. The Hall–Kier alpha value is -1.92. The number of thiocarbonyl (C=S) groups is 1. The van der Waals surface area contributed by atoms with Crippen LogP contribution in [0.25, 0.3) is 0 Å². The second kappa shape index (κ2) is 7.91. The van der Waals surface area contributed by atoms with E-state index in [1.54, 1.807) is 6.07 Å². The molecule has 0 atom stereocenters. The van der Waals surface area contributed by atoms with Gasteiger partial charge in [0.1, 0.15) is 5.75 Å². The fourth-order valence-electron chi connectivity index (χ4n) is 1.71. The van der Waals surface area contributed by atoms with Crippen molar-refractivity contribution >= 4 is 44.9 Å². The van der Waals surface area contributed by atoms with E-state index >= 15 is 0 Å². The topological polar surface area (TPSA) is 50.4 Å². The van der Waals surface area contributed by atoms with Gasteiger partial charge < -0.3 is 10.1 Å². The number of ether oxygens (including phenoxy) is 1. The van der Waals surface area contributed by atoms with Crippen molar-refractivity contribution in [1.82, 2.24) is 5.32 Å². The monoisotopic (exact) mass is 378 g/mol. The number of halogens is 1. The van der Waals surface area contributed by atoms with Gasteiger partial charge in [-0.05, 0) is 61.1 Å². The maximum absolute atomic E-state index is 11.8. The molecule has 0 fully saturated rings. The van der Waals surface area contributed by atoms with E-state index in [-0.39, 0.29) is 17.6 Å². The Morgan fingerprint density at radius 3 is 2.64 bits per heavy atom. The molecule has 0 saturated carbocycles. The van der Waals surface area contributed by atoms with Crippen molar-refractivity contribution in [2.75, 3.05) is 11.9 Å². The fraction of sp³-hybridized carbons (Fsp3) is 0.125. The SMILES string of the molecule is Cc1cccc(OCC(=O)NC(=S)Nc2ccc(Br)cc2)c1. The van der Waals surface area contributed by atoms with E-state index in [4.69, 9.17) is 17.0 Å². The molecule has 0 aliphatic heterocycles. The van der Waals surface area contributed by atoms with Crippen LogP contribution in [0.1, 0.15) is 5.56 Å². The van der Waals surface area contributed by atoms with E-state index in [0.29, 0.717) is 5.75 Å². The van der Waals surface area contributed by atoms with Gasteiger partial charge >= 0.3 is 0 Å². The number of benzene rings is 2. The molecule has 2 aromatic rings. The summed E-state index contributed by atoms with van der Waals surface area (Å²) in [5.74, 6) is 0.345. The summed E-state index contributed by atoms with van der Waals surface area (Å²) in [6, 6.07) is 15.0. The third kappa shape index (κ3) is 5.46. The van der Waals surface area contributed by atoms with Gasteiger partial charge in [0.05, 0.1) is 0 Å². The average molecular weight is 379 g/mol. The van der Waals surface area contributed by atoms with Gasteiger partial charge in [0.2, 0.25) is 0 Å². The van der Waals surface area contributed by atoms with E-state index in [1.807, 2.05) is 49.4 Å². The van der Waals surface area contributed by atoms with E-state index in [1.165, 1.54) is 0 Å². The molecule has 0 bridgehead atoms. The van der Waals surface area contributed by atoms with E-state index in [9.17, 15) is 4.79 Å². The lowest BCUT2D eigenvalue weighted by Gasteiger charge is -2.10. The van der Waals surface area contributed by atoms with Gasteiger partial charge in [-0.1, -0.05) is 28.1 Å².